The van der Waals surface area contributed by atoms with Gasteiger partial charge in [-0.1, -0.05) is 28.1 Å². The number of halogens is 1. The van der Waals surface area contributed by atoms with Gasteiger partial charge in [0.15, 0.2) is 0 Å². The Kier molecular flexibility index (Phi) is 4.63. The maximum atomic E-state index is 12.0. The summed E-state index contributed by atoms with van der Waals surface area (Å²) in [6, 6.07) is 7.71. The SMILES string of the molecule is CC(C)(C)OC(=O)N1CCC(O)(c2cccc(Br)c2)CC1. The highest BCUT2D eigenvalue weighted by Gasteiger charge is 2.36. The van der Waals surface area contributed by atoms with Gasteiger partial charge >= 0.3 is 6.09 Å². The lowest BCUT2D eigenvalue weighted by Crippen LogP contribution is -2.46. The van der Waals surface area contributed by atoms with E-state index in [1.54, 1.807) is 4.90 Å². The van der Waals surface area contributed by atoms with Gasteiger partial charge < -0.3 is 14.7 Å². The second kappa shape index (κ2) is 5.97. The number of rotatable bonds is 1. The third kappa shape index (κ3) is 4.20. The Morgan fingerprint density at radius 1 is 1.33 bits per heavy atom. The van der Waals surface area contributed by atoms with Crippen LogP contribution in [0, 0.1) is 0 Å². The molecule has 1 fully saturated rings. The minimum atomic E-state index is -0.873. The molecule has 0 aliphatic carbocycles. The van der Waals surface area contributed by atoms with E-state index in [2.05, 4.69) is 15.9 Å². The molecule has 1 aliphatic rings. The molecule has 0 aromatic heterocycles. The Bertz CT molecular complexity index is 516. The lowest BCUT2D eigenvalue weighted by molar-refractivity contribution is -0.0356. The van der Waals surface area contributed by atoms with Crippen LogP contribution in [0.3, 0.4) is 0 Å². The van der Waals surface area contributed by atoms with Crippen molar-refractivity contribution in [3.63, 3.8) is 0 Å². The minimum Gasteiger partial charge on any atom is -0.444 e. The molecule has 116 valence electrons. The molecule has 0 saturated carbocycles. The van der Waals surface area contributed by atoms with Crippen molar-refractivity contribution in [2.45, 2.75) is 44.8 Å². The number of benzene rings is 1. The monoisotopic (exact) mass is 355 g/mol. The van der Waals surface area contributed by atoms with Crippen LogP contribution in [-0.2, 0) is 10.3 Å². The highest BCUT2D eigenvalue weighted by Crippen LogP contribution is 2.34. The van der Waals surface area contributed by atoms with Crippen molar-refractivity contribution in [2.75, 3.05) is 13.1 Å². The maximum Gasteiger partial charge on any atom is 0.410 e. The fraction of sp³-hybridized carbons (Fsp3) is 0.562. The van der Waals surface area contributed by atoms with Crippen LogP contribution >= 0.6 is 15.9 Å². The molecule has 1 aliphatic heterocycles. The Hall–Kier alpha value is -1.07. The first-order chi connectivity index (χ1) is 9.70. The van der Waals surface area contributed by atoms with Crippen molar-refractivity contribution < 1.29 is 14.6 Å². The first-order valence-electron chi connectivity index (χ1n) is 7.16. The van der Waals surface area contributed by atoms with E-state index < -0.39 is 11.2 Å². The van der Waals surface area contributed by atoms with Crippen LogP contribution in [0.15, 0.2) is 28.7 Å². The number of carbonyl (C=O) groups is 1. The molecule has 4 nitrogen and oxygen atoms in total. The summed E-state index contributed by atoms with van der Waals surface area (Å²) in [6.45, 7) is 6.56. The molecule has 1 N–H and O–H groups in total. The topological polar surface area (TPSA) is 49.8 Å². The molecule has 1 saturated heterocycles. The summed E-state index contributed by atoms with van der Waals surface area (Å²) >= 11 is 3.43. The lowest BCUT2D eigenvalue weighted by atomic mass is 9.84. The summed E-state index contributed by atoms with van der Waals surface area (Å²) in [5, 5.41) is 10.8. The van der Waals surface area contributed by atoms with Crippen LogP contribution in [0.5, 0.6) is 0 Å². The standard InChI is InChI=1S/C16H22BrNO3/c1-15(2,3)21-14(19)18-9-7-16(20,8-10-18)12-5-4-6-13(17)11-12/h4-6,11,20H,7-10H2,1-3H3. The molecule has 1 heterocycles. The van der Waals surface area contributed by atoms with Crippen molar-refractivity contribution in [2.24, 2.45) is 0 Å². The zero-order chi connectivity index (χ0) is 15.7. The number of piperidine rings is 1. The fourth-order valence-electron chi connectivity index (χ4n) is 2.45. The van der Waals surface area contributed by atoms with E-state index in [9.17, 15) is 9.90 Å². The number of amides is 1. The summed E-state index contributed by atoms with van der Waals surface area (Å²) in [5.41, 5.74) is -0.474. The van der Waals surface area contributed by atoms with Crippen LogP contribution < -0.4 is 0 Å². The van der Waals surface area contributed by atoms with Crippen LogP contribution in [0.25, 0.3) is 0 Å². The highest BCUT2D eigenvalue weighted by atomic mass is 79.9. The zero-order valence-corrected chi connectivity index (χ0v) is 14.3. The number of nitrogens with zero attached hydrogens (tertiary/aromatic N) is 1. The van der Waals surface area contributed by atoms with Crippen molar-refractivity contribution in [1.29, 1.82) is 0 Å². The molecule has 0 spiro atoms. The van der Waals surface area contributed by atoms with E-state index in [-0.39, 0.29) is 6.09 Å². The number of ether oxygens (including phenoxy) is 1. The van der Waals surface area contributed by atoms with E-state index in [4.69, 9.17) is 4.74 Å². The number of carbonyl (C=O) groups excluding carboxylic acids is 1. The van der Waals surface area contributed by atoms with Crippen LogP contribution in [0.1, 0.15) is 39.2 Å². The molecule has 21 heavy (non-hydrogen) atoms. The van der Waals surface area contributed by atoms with Crippen molar-refractivity contribution >= 4 is 22.0 Å². The molecular weight excluding hydrogens is 334 g/mol. The van der Waals surface area contributed by atoms with E-state index >= 15 is 0 Å². The largest absolute Gasteiger partial charge is 0.444 e. The molecule has 0 bridgehead atoms. The first-order valence-corrected chi connectivity index (χ1v) is 7.95. The van der Waals surface area contributed by atoms with Gasteiger partial charge in [0, 0.05) is 17.6 Å². The Morgan fingerprint density at radius 3 is 2.48 bits per heavy atom. The Labute approximate surface area is 134 Å². The molecule has 0 atom stereocenters. The highest BCUT2D eigenvalue weighted by molar-refractivity contribution is 9.10. The molecule has 2 rings (SSSR count). The third-order valence-electron chi connectivity index (χ3n) is 3.60. The average Bonchev–Trinajstić information content (AvgIpc) is 2.37. The number of hydrogen-bond donors (Lipinski definition) is 1. The second-order valence-corrected chi connectivity index (χ2v) is 7.42. The maximum absolute atomic E-state index is 12.0. The Balaban J connectivity index is 2.01. The molecular formula is C16H22BrNO3. The van der Waals surface area contributed by atoms with E-state index in [0.29, 0.717) is 25.9 Å². The summed E-state index contributed by atoms with van der Waals surface area (Å²) < 4.78 is 6.32. The Morgan fingerprint density at radius 2 is 1.95 bits per heavy atom. The molecule has 5 heteroatoms. The molecule has 1 amide bonds. The third-order valence-corrected chi connectivity index (χ3v) is 4.10. The summed E-state index contributed by atoms with van der Waals surface area (Å²) in [5.74, 6) is 0. The first kappa shape index (κ1) is 16.3. The van der Waals surface area contributed by atoms with Gasteiger partial charge in [0.2, 0.25) is 0 Å². The molecule has 0 unspecified atom stereocenters. The predicted molar refractivity (Wildman–Crippen MR) is 85.1 cm³/mol. The summed E-state index contributed by atoms with van der Waals surface area (Å²) in [6.07, 6.45) is 0.726. The lowest BCUT2D eigenvalue weighted by Gasteiger charge is -2.39. The summed E-state index contributed by atoms with van der Waals surface area (Å²) in [7, 11) is 0. The van der Waals surface area contributed by atoms with Gasteiger partial charge in [-0.25, -0.2) is 4.79 Å². The van der Waals surface area contributed by atoms with E-state index in [0.717, 1.165) is 10.0 Å². The second-order valence-electron chi connectivity index (χ2n) is 6.51. The molecule has 1 aromatic carbocycles. The van der Waals surface area contributed by atoms with E-state index in [1.807, 2.05) is 45.0 Å². The predicted octanol–water partition coefficient (Wildman–Crippen LogP) is 3.67. The van der Waals surface area contributed by atoms with Gasteiger partial charge in [-0.05, 0) is 51.3 Å². The van der Waals surface area contributed by atoms with Crippen molar-refractivity contribution in [3.05, 3.63) is 34.3 Å². The average molecular weight is 356 g/mol. The van der Waals surface area contributed by atoms with Gasteiger partial charge in [-0.3, -0.25) is 0 Å². The zero-order valence-electron chi connectivity index (χ0n) is 12.7. The normalized spacial score (nSPS) is 18.4. The van der Waals surface area contributed by atoms with Crippen LogP contribution in [0.2, 0.25) is 0 Å². The van der Waals surface area contributed by atoms with Crippen molar-refractivity contribution in [1.82, 2.24) is 4.90 Å². The van der Waals surface area contributed by atoms with Crippen molar-refractivity contribution in [3.8, 4) is 0 Å². The van der Waals surface area contributed by atoms with Gasteiger partial charge in [0.25, 0.3) is 0 Å². The number of likely N-dealkylation sites (tertiary alicyclic amines) is 1. The van der Waals surface area contributed by atoms with Crippen LogP contribution in [0.4, 0.5) is 4.79 Å². The quantitative estimate of drug-likeness (QED) is 0.835. The number of hydrogen-bond acceptors (Lipinski definition) is 3. The van der Waals surface area contributed by atoms with Gasteiger partial charge in [0.05, 0.1) is 5.60 Å². The fourth-order valence-corrected chi connectivity index (χ4v) is 2.85. The van der Waals surface area contributed by atoms with Gasteiger partial charge in [0.1, 0.15) is 5.60 Å². The molecule has 0 radical (unpaired) electrons. The van der Waals surface area contributed by atoms with Gasteiger partial charge in [-0.15, -0.1) is 0 Å². The number of aliphatic hydroxyl groups is 1. The van der Waals surface area contributed by atoms with E-state index in [1.165, 1.54) is 0 Å². The van der Waals surface area contributed by atoms with Gasteiger partial charge in [-0.2, -0.15) is 0 Å². The minimum absolute atomic E-state index is 0.307. The molecule has 1 aromatic rings. The summed E-state index contributed by atoms with van der Waals surface area (Å²) in [4.78, 5) is 13.7. The van der Waals surface area contributed by atoms with Crippen LogP contribution in [-0.4, -0.2) is 34.8 Å². The smallest absolute Gasteiger partial charge is 0.410 e.